The summed E-state index contributed by atoms with van der Waals surface area (Å²) in [7, 11) is 6.46. The number of methoxy groups -OCH3 is 4. The Morgan fingerprint density at radius 2 is 0.805 bits per heavy atom. The second-order valence-electron chi connectivity index (χ2n) is 9.55. The molecule has 4 aromatic rings. The molecule has 0 spiro atoms. The SMILES string of the molecule is CCC(CC)(c1cc(OC)c(Oc2ccc(N)cc2)c(OC)c1)c1cc(OC)c(Oc2ccc(N)cc2)c(OC)c1. The number of ether oxygens (including phenoxy) is 6. The van der Waals surface area contributed by atoms with Crippen molar-refractivity contribution in [2.24, 2.45) is 0 Å². The van der Waals surface area contributed by atoms with Crippen LogP contribution in [0.2, 0.25) is 0 Å². The van der Waals surface area contributed by atoms with Gasteiger partial charge in [-0.3, -0.25) is 0 Å². The third-order valence-corrected chi connectivity index (χ3v) is 7.43. The van der Waals surface area contributed by atoms with Gasteiger partial charge in [0.2, 0.25) is 11.5 Å². The van der Waals surface area contributed by atoms with Crippen molar-refractivity contribution < 1.29 is 28.4 Å². The summed E-state index contributed by atoms with van der Waals surface area (Å²) in [5.74, 6) is 4.38. The first-order valence-corrected chi connectivity index (χ1v) is 13.4. The lowest BCUT2D eigenvalue weighted by Gasteiger charge is -2.35. The normalized spacial score (nSPS) is 11.1. The van der Waals surface area contributed by atoms with Gasteiger partial charge in [0.1, 0.15) is 11.5 Å². The Morgan fingerprint density at radius 3 is 1.05 bits per heavy atom. The molecule has 4 rings (SSSR count). The van der Waals surface area contributed by atoms with Gasteiger partial charge in [0.05, 0.1) is 28.4 Å². The summed E-state index contributed by atoms with van der Waals surface area (Å²) in [5, 5.41) is 0. The van der Waals surface area contributed by atoms with E-state index in [1.54, 1.807) is 77.0 Å². The van der Waals surface area contributed by atoms with Crippen LogP contribution in [0, 0.1) is 0 Å². The van der Waals surface area contributed by atoms with Gasteiger partial charge in [-0.05, 0) is 96.8 Å². The number of benzene rings is 4. The van der Waals surface area contributed by atoms with E-state index in [-0.39, 0.29) is 0 Å². The number of anilines is 2. The Hall–Kier alpha value is -4.72. The van der Waals surface area contributed by atoms with Crippen molar-refractivity contribution >= 4 is 11.4 Å². The van der Waals surface area contributed by atoms with Crippen LogP contribution in [-0.2, 0) is 5.41 Å². The van der Waals surface area contributed by atoms with E-state index in [2.05, 4.69) is 13.8 Å². The predicted molar refractivity (Wildman–Crippen MR) is 162 cm³/mol. The molecule has 8 heteroatoms. The predicted octanol–water partition coefficient (Wildman–Crippen LogP) is 7.58. The average Bonchev–Trinajstić information content (AvgIpc) is 3.00. The Bertz CT molecular complexity index is 1310. The maximum Gasteiger partial charge on any atom is 0.211 e. The molecule has 8 nitrogen and oxygen atoms in total. The molecule has 4 aromatic carbocycles. The summed E-state index contributed by atoms with van der Waals surface area (Å²) >= 11 is 0. The van der Waals surface area contributed by atoms with Crippen molar-refractivity contribution in [3.8, 4) is 46.0 Å². The van der Waals surface area contributed by atoms with Gasteiger partial charge in [-0.15, -0.1) is 0 Å². The highest BCUT2D eigenvalue weighted by Crippen LogP contribution is 2.51. The van der Waals surface area contributed by atoms with E-state index in [1.807, 2.05) is 24.3 Å². The molecule has 0 heterocycles. The first kappa shape index (κ1) is 29.3. The minimum Gasteiger partial charge on any atom is -0.493 e. The summed E-state index contributed by atoms with van der Waals surface area (Å²) in [6.07, 6.45) is 1.55. The minimum atomic E-state index is -0.444. The van der Waals surface area contributed by atoms with E-state index in [4.69, 9.17) is 39.9 Å². The molecule has 0 amide bonds. The molecule has 216 valence electrons. The van der Waals surface area contributed by atoms with Crippen LogP contribution >= 0.6 is 0 Å². The van der Waals surface area contributed by atoms with Crippen molar-refractivity contribution in [3.05, 3.63) is 83.9 Å². The molecular formula is C33H38N2O6. The van der Waals surface area contributed by atoms with Crippen molar-refractivity contribution in [3.63, 3.8) is 0 Å². The second kappa shape index (κ2) is 12.6. The molecule has 0 saturated heterocycles. The van der Waals surface area contributed by atoms with Crippen LogP contribution in [-0.4, -0.2) is 28.4 Å². The molecule has 0 aliphatic rings. The molecule has 0 bridgehead atoms. The van der Waals surface area contributed by atoms with E-state index < -0.39 is 5.41 Å². The standard InChI is InChI=1S/C33H38N2O6/c1-7-33(8-2,21-17-27(36-3)31(28(18-21)37-4)40-25-13-9-23(34)10-14-25)22-19-29(38-5)32(30(20-22)39-6)41-26-15-11-24(35)12-16-26/h9-20H,7-8,34-35H2,1-6H3. The topological polar surface area (TPSA) is 107 Å². The number of rotatable bonds is 12. The van der Waals surface area contributed by atoms with Crippen LogP contribution in [0.15, 0.2) is 72.8 Å². The second-order valence-corrected chi connectivity index (χ2v) is 9.55. The van der Waals surface area contributed by atoms with E-state index in [9.17, 15) is 0 Å². The summed E-state index contributed by atoms with van der Waals surface area (Å²) in [6, 6.07) is 22.3. The Kier molecular flexibility index (Phi) is 9.02. The highest BCUT2D eigenvalue weighted by molar-refractivity contribution is 5.62. The van der Waals surface area contributed by atoms with E-state index in [0.717, 1.165) is 24.0 Å². The van der Waals surface area contributed by atoms with Gasteiger partial charge in [-0.25, -0.2) is 0 Å². The highest BCUT2D eigenvalue weighted by Gasteiger charge is 2.35. The fourth-order valence-corrected chi connectivity index (χ4v) is 5.05. The molecule has 0 aliphatic carbocycles. The minimum absolute atomic E-state index is 0.444. The van der Waals surface area contributed by atoms with Crippen LogP contribution in [0.1, 0.15) is 37.8 Å². The number of hydrogen-bond acceptors (Lipinski definition) is 8. The molecular weight excluding hydrogens is 520 g/mol. The van der Waals surface area contributed by atoms with Crippen molar-refractivity contribution in [2.45, 2.75) is 32.1 Å². The van der Waals surface area contributed by atoms with Crippen LogP contribution < -0.4 is 39.9 Å². The lowest BCUT2D eigenvalue weighted by Crippen LogP contribution is -2.26. The molecule has 0 aliphatic heterocycles. The van der Waals surface area contributed by atoms with Crippen molar-refractivity contribution in [1.82, 2.24) is 0 Å². The number of nitrogens with two attached hydrogens (primary N) is 2. The van der Waals surface area contributed by atoms with Gasteiger partial charge in [-0.2, -0.15) is 0 Å². The molecule has 0 atom stereocenters. The van der Waals surface area contributed by atoms with Crippen LogP contribution in [0.3, 0.4) is 0 Å². The highest BCUT2D eigenvalue weighted by atomic mass is 16.5. The molecule has 0 radical (unpaired) electrons. The fraction of sp³-hybridized carbons (Fsp3) is 0.273. The third kappa shape index (κ3) is 5.91. The zero-order valence-electron chi connectivity index (χ0n) is 24.4. The molecule has 0 saturated carbocycles. The van der Waals surface area contributed by atoms with Gasteiger partial charge in [-0.1, -0.05) is 13.8 Å². The van der Waals surface area contributed by atoms with Gasteiger partial charge >= 0.3 is 0 Å². The Morgan fingerprint density at radius 1 is 0.512 bits per heavy atom. The maximum absolute atomic E-state index is 6.20. The molecule has 41 heavy (non-hydrogen) atoms. The summed E-state index contributed by atoms with van der Waals surface area (Å²) in [4.78, 5) is 0. The monoisotopic (exact) mass is 558 g/mol. The Balaban J connectivity index is 1.83. The summed E-state index contributed by atoms with van der Waals surface area (Å²) in [6.45, 7) is 4.30. The number of nitrogen functional groups attached to an aromatic ring is 2. The smallest absolute Gasteiger partial charge is 0.211 e. The third-order valence-electron chi connectivity index (χ3n) is 7.43. The van der Waals surface area contributed by atoms with E-state index in [1.165, 1.54) is 0 Å². The van der Waals surface area contributed by atoms with Crippen LogP contribution in [0.25, 0.3) is 0 Å². The van der Waals surface area contributed by atoms with E-state index >= 15 is 0 Å². The molecule has 0 fully saturated rings. The van der Waals surface area contributed by atoms with Crippen molar-refractivity contribution in [1.29, 1.82) is 0 Å². The first-order chi connectivity index (χ1) is 19.8. The van der Waals surface area contributed by atoms with Crippen molar-refractivity contribution in [2.75, 3.05) is 39.9 Å². The van der Waals surface area contributed by atoms with Gasteiger partial charge in [0, 0.05) is 16.8 Å². The zero-order valence-corrected chi connectivity index (χ0v) is 24.4. The molecule has 0 unspecified atom stereocenters. The van der Waals surface area contributed by atoms with Crippen LogP contribution in [0.4, 0.5) is 11.4 Å². The zero-order chi connectivity index (χ0) is 29.6. The quantitative estimate of drug-likeness (QED) is 0.171. The lowest BCUT2D eigenvalue weighted by atomic mass is 9.70. The first-order valence-electron chi connectivity index (χ1n) is 13.4. The largest absolute Gasteiger partial charge is 0.493 e. The number of hydrogen-bond donors (Lipinski definition) is 2. The Labute approximate surface area is 241 Å². The lowest BCUT2D eigenvalue weighted by molar-refractivity contribution is 0.339. The van der Waals surface area contributed by atoms with E-state index in [0.29, 0.717) is 57.4 Å². The average molecular weight is 559 g/mol. The van der Waals surface area contributed by atoms with Gasteiger partial charge in [0.25, 0.3) is 0 Å². The summed E-state index contributed by atoms with van der Waals surface area (Å²) in [5.41, 5.74) is 14.5. The fourth-order valence-electron chi connectivity index (χ4n) is 5.05. The summed E-state index contributed by atoms with van der Waals surface area (Å²) < 4.78 is 35.7. The van der Waals surface area contributed by atoms with Gasteiger partial charge < -0.3 is 39.9 Å². The van der Waals surface area contributed by atoms with Crippen LogP contribution in [0.5, 0.6) is 46.0 Å². The molecule has 4 N–H and O–H groups in total. The maximum atomic E-state index is 6.20. The molecule has 0 aromatic heterocycles. The van der Waals surface area contributed by atoms with Gasteiger partial charge in [0.15, 0.2) is 23.0 Å².